The number of anilines is 2. The molecule has 4 aromatic rings. The van der Waals surface area contributed by atoms with E-state index in [1.165, 1.54) is 18.6 Å². The van der Waals surface area contributed by atoms with Crippen LogP contribution in [0.1, 0.15) is 57.8 Å². The quantitative estimate of drug-likeness (QED) is 0.260. The number of aromatic nitrogens is 3. The summed E-state index contributed by atoms with van der Waals surface area (Å²) in [6.45, 7) is 4.30. The van der Waals surface area contributed by atoms with Gasteiger partial charge in [0.1, 0.15) is 23.8 Å². The molecule has 5 heterocycles. The first-order chi connectivity index (χ1) is 19.9. The molecule has 2 aromatic carbocycles. The van der Waals surface area contributed by atoms with Crippen LogP contribution in [0.2, 0.25) is 5.02 Å². The summed E-state index contributed by atoms with van der Waals surface area (Å²) >= 11 is 7.83. The normalized spacial score (nSPS) is 19.5. The van der Waals surface area contributed by atoms with Crippen molar-refractivity contribution >= 4 is 55.0 Å². The predicted molar refractivity (Wildman–Crippen MR) is 161 cm³/mol. The zero-order valence-electron chi connectivity index (χ0n) is 22.9. The topological polar surface area (TPSA) is 80.4 Å². The molecule has 41 heavy (non-hydrogen) atoms. The Balaban J connectivity index is 1.37. The zero-order valence-corrected chi connectivity index (χ0v) is 24.5. The maximum Gasteiger partial charge on any atom is 0.319 e. The SMILES string of the molecule is Nc1nc2c(-c3c(Cl)cc4c(N5CCCCCCC5)nc(OCC56CCCN5CCC6)nc4c3F)ccc(F)c2s1. The van der Waals surface area contributed by atoms with Crippen molar-refractivity contribution < 1.29 is 13.5 Å². The lowest BCUT2D eigenvalue weighted by atomic mass is 9.95. The van der Waals surface area contributed by atoms with E-state index in [0.29, 0.717) is 23.4 Å². The summed E-state index contributed by atoms with van der Waals surface area (Å²) in [6.07, 6.45) is 10.1. The minimum Gasteiger partial charge on any atom is -0.461 e. The molecule has 3 saturated heterocycles. The van der Waals surface area contributed by atoms with Crippen LogP contribution in [-0.2, 0) is 0 Å². The highest BCUT2D eigenvalue weighted by molar-refractivity contribution is 7.22. The Morgan fingerprint density at radius 1 is 0.927 bits per heavy atom. The van der Waals surface area contributed by atoms with E-state index < -0.39 is 11.6 Å². The Hall–Kier alpha value is -2.82. The number of ether oxygens (including phenoxy) is 1. The smallest absolute Gasteiger partial charge is 0.319 e. The highest BCUT2D eigenvalue weighted by atomic mass is 35.5. The van der Waals surface area contributed by atoms with Crippen molar-refractivity contribution in [2.75, 3.05) is 43.4 Å². The van der Waals surface area contributed by atoms with Crippen molar-refractivity contribution in [2.45, 2.75) is 63.3 Å². The van der Waals surface area contributed by atoms with Gasteiger partial charge in [0.05, 0.1) is 20.8 Å². The van der Waals surface area contributed by atoms with E-state index in [-0.39, 0.29) is 43.0 Å². The molecule has 0 aliphatic carbocycles. The Morgan fingerprint density at radius 2 is 1.66 bits per heavy atom. The number of nitrogens with two attached hydrogens (primary N) is 1. The van der Waals surface area contributed by atoms with Gasteiger partial charge in [-0.25, -0.2) is 13.8 Å². The van der Waals surface area contributed by atoms with Gasteiger partial charge in [0, 0.05) is 29.6 Å². The van der Waals surface area contributed by atoms with Crippen LogP contribution in [0.4, 0.5) is 19.7 Å². The van der Waals surface area contributed by atoms with E-state index in [0.717, 1.165) is 88.9 Å². The Bertz CT molecular complexity index is 1610. The second kappa shape index (κ2) is 10.8. The molecule has 7 nitrogen and oxygen atoms in total. The maximum atomic E-state index is 16.7. The molecule has 0 radical (unpaired) electrons. The molecule has 0 saturated carbocycles. The molecule has 2 aromatic heterocycles. The van der Waals surface area contributed by atoms with E-state index in [9.17, 15) is 4.39 Å². The van der Waals surface area contributed by atoms with E-state index in [1.807, 2.05) is 0 Å². The fourth-order valence-electron chi connectivity index (χ4n) is 7.03. The van der Waals surface area contributed by atoms with Crippen LogP contribution in [0, 0.1) is 11.6 Å². The fraction of sp³-hybridized carbons (Fsp3) is 0.500. The van der Waals surface area contributed by atoms with Crippen LogP contribution in [0.3, 0.4) is 0 Å². The third kappa shape index (κ3) is 4.77. The van der Waals surface area contributed by atoms with E-state index in [2.05, 4.69) is 19.8 Å². The molecule has 7 rings (SSSR count). The van der Waals surface area contributed by atoms with Gasteiger partial charge in [-0.05, 0) is 69.8 Å². The number of hydrogen-bond acceptors (Lipinski definition) is 8. The minimum atomic E-state index is -0.603. The van der Waals surface area contributed by atoms with Gasteiger partial charge in [-0.2, -0.15) is 9.97 Å². The molecule has 3 aliphatic heterocycles. The highest BCUT2D eigenvalue weighted by Gasteiger charge is 2.45. The first kappa shape index (κ1) is 27.0. The third-order valence-electron chi connectivity index (χ3n) is 9.06. The van der Waals surface area contributed by atoms with Crippen molar-refractivity contribution in [3.63, 3.8) is 0 Å². The summed E-state index contributed by atoms with van der Waals surface area (Å²) in [4.78, 5) is 18.6. The average Bonchev–Trinajstić information content (AvgIpc) is 3.63. The van der Waals surface area contributed by atoms with Gasteiger partial charge in [0.25, 0.3) is 0 Å². The van der Waals surface area contributed by atoms with Crippen molar-refractivity contribution in [3.8, 4) is 17.1 Å². The second-order valence-electron chi connectivity index (χ2n) is 11.6. The first-order valence-electron chi connectivity index (χ1n) is 14.6. The number of hydrogen-bond donors (Lipinski definition) is 1. The summed E-state index contributed by atoms with van der Waals surface area (Å²) < 4.78 is 37.8. The number of nitrogen functional groups attached to an aromatic ring is 1. The number of halogens is 3. The summed E-state index contributed by atoms with van der Waals surface area (Å²) in [7, 11) is 0. The van der Waals surface area contributed by atoms with Gasteiger partial charge in [0.15, 0.2) is 10.9 Å². The van der Waals surface area contributed by atoms with Gasteiger partial charge in [0.2, 0.25) is 0 Å². The Labute approximate surface area is 246 Å². The molecule has 216 valence electrons. The molecule has 0 unspecified atom stereocenters. The standard InChI is InChI=1S/C30H33ClF2N6OS/c31-20-16-19-24(23(33)22(20)18-8-9-21(32)26-25(18)35-28(34)41-26)36-29(37-27(19)38-12-4-2-1-3-5-13-38)40-17-30-10-6-14-39(30)15-7-11-30/h8-9,16H,1-7,10-15,17H2,(H2,34,35). The molecule has 11 heteroatoms. The number of rotatable bonds is 5. The van der Waals surface area contributed by atoms with Gasteiger partial charge >= 0.3 is 6.01 Å². The second-order valence-corrected chi connectivity index (χ2v) is 13.0. The Morgan fingerprint density at radius 3 is 2.41 bits per heavy atom. The van der Waals surface area contributed by atoms with Gasteiger partial charge in [-0.1, -0.05) is 42.2 Å². The molecule has 2 N–H and O–H groups in total. The highest BCUT2D eigenvalue weighted by Crippen LogP contribution is 2.43. The monoisotopic (exact) mass is 598 g/mol. The molecule has 0 atom stereocenters. The summed E-state index contributed by atoms with van der Waals surface area (Å²) in [5.41, 5.74) is 6.83. The van der Waals surface area contributed by atoms with Crippen LogP contribution in [0.25, 0.3) is 32.2 Å². The number of thiazole rings is 1. The number of nitrogens with zero attached hydrogens (tertiary/aromatic N) is 5. The molecule has 0 amide bonds. The van der Waals surface area contributed by atoms with Gasteiger partial charge in [-0.15, -0.1) is 0 Å². The lowest BCUT2D eigenvalue weighted by Gasteiger charge is -2.31. The van der Waals surface area contributed by atoms with Crippen LogP contribution in [-0.4, -0.2) is 58.2 Å². The Kier molecular flexibility index (Phi) is 7.11. The summed E-state index contributed by atoms with van der Waals surface area (Å²) in [6, 6.07) is 4.70. The summed E-state index contributed by atoms with van der Waals surface area (Å²) in [5, 5.41) is 0.932. The lowest BCUT2D eigenvalue weighted by molar-refractivity contribution is 0.108. The van der Waals surface area contributed by atoms with Crippen LogP contribution in [0.15, 0.2) is 18.2 Å². The van der Waals surface area contributed by atoms with Crippen molar-refractivity contribution in [1.29, 1.82) is 0 Å². The summed E-state index contributed by atoms with van der Waals surface area (Å²) in [5.74, 6) is -0.414. The van der Waals surface area contributed by atoms with Crippen LogP contribution < -0.4 is 15.4 Å². The van der Waals surface area contributed by atoms with Crippen molar-refractivity contribution in [2.24, 2.45) is 0 Å². The van der Waals surface area contributed by atoms with E-state index in [4.69, 9.17) is 27.1 Å². The van der Waals surface area contributed by atoms with Gasteiger partial charge < -0.3 is 15.4 Å². The third-order valence-corrected chi connectivity index (χ3v) is 10.3. The van der Waals surface area contributed by atoms with Gasteiger partial charge in [-0.3, -0.25) is 4.90 Å². The van der Waals surface area contributed by atoms with Crippen LogP contribution >= 0.6 is 22.9 Å². The molecule has 3 fully saturated rings. The largest absolute Gasteiger partial charge is 0.461 e. The van der Waals surface area contributed by atoms with Crippen LogP contribution in [0.5, 0.6) is 6.01 Å². The number of benzene rings is 2. The molecular weight excluding hydrogens is 566 g/mol. The fourth-order valence-corrected chi connectivity index (χ4v) is 8.08. The van der Waals surface area contributed by atoms with Crippen molar-refractivity contribution in [3.05, 3.63) is 34.9 Å². The average molecular weight is 599 g/mol. The van der Waals surface area contributed by atoms with E-state index in [1.54, 1.807) is 6.07 Å². The zero-order chi connectivity index (χ0) is 28.1. The molecule has 0 spiro atoms. The molecule has 3 aliphatic rings. The van der Waals surface area contributed by atoms with E-state index >= 15 is 4.39 Å². The van der Waals surface area contributed by atoms with Crippen molar-refractivity contribution in [1.82, 2.24) is 19.9 Å². The number of fused-ring (bicyclic) bond motifs is 3. The minimum absolute atomic E-state index is 0.00692. The predicted octanol–water partition coefficient (Wildman–Crippen LogP) is 7.20. The molecule has 0 bridgehead atoms. The molecular formula is C30H33ClF2N6OS. The lowest BCUT2D eigenvalue weighted by Crippen LogP contribution is -2.43. The first-order valence-corrected chi connectivity index (χ1v) is 15.8. The maximum absolute atomic E-state index is 16.7.